The van der Waals surface area contributed by atoms with Crippen LogP contribution in [0.25, 0.3) is 0 Å². The zero-order chi connectivity index (χ0) is 19.4. The number of alkyl halides is 3. The van der Waals surface area contributed by atoms with Crippen LogP contribution in [0.1, 0.15) is 6.92 Å². The fourth-order valence-corrected chi connectivity index (χ4v) is 3.24. The third-order valence-electron chi connectivity index (χ3n) is 4.77. The van der Waals surface area contributed by atoms with E-state index in [1.807, 2.05) is 0 Å². The summed E-state index contributed by atoms with van der Waals surface area (Å²) in [6, 6.07) is -0.0931. The average Bonchev–Trinajstić information content (AvgIpc) is 3.07. The Morgan fingerprint density at radius 2 is 2.00 bits per heavy atom. The normalized spacial score (nSPS) is 24.8. The maximum Gasteiger partial charge on any atom is 0.416 e. The Morgan fingerprint density at radius 1 is 1.26 bits per heavy atom. The number of carbonyl (C=O) groups excluding carboxylic acids is 1. The molecule has 0 radical (unpaired) electrons. The minimum absolute atomic E-state index is 0.0946. The molecular weight excluding hydrogens is 367 g/mol. The number of carbonyl (C=O) groups is 1. The lowest BCUT2D eigenvalue weighted by atomic mass is 10.1. The summed E-state index contributed by atoms with van der Waals surface area (Å²) in [6.07, 6.45) is -4.76. The second-order valence-electron chi connectivity index (χ2n) is 6.62. The van der Waals surface area contributed by atoms with Gasteiger partial charge in [0, 0.05) is 38.4 Å². The monoisotopic (exact) mass is 391 g/mol. The molecule has 2 amide bonds. The number of urea groups is 1. The topological polar surface area (TPSA) is 71.9 Å². The summed E-state index contributed by atoms with van der Waals surface area (Å²) in [5, 5.41) is 6.84. The van der Waals surface area contributed by atoms with Gasteiger partial charge >= 0.3 is 12.2 Å². The molecule has 0 aliphatic carbocycles. The minimum Gasteiger partial charge on any atom is -0.379 e. The average molecular weight is 391 g/mol. The number of morpholine rings is 2. The van der Waals surface area contributed by atoms with Crippen LogP contribution in [0.5, 0.6) is 0 Å². The van der Waals surface area contributed by atoms with Gasteiger partial charge in [0.25, 0.3) is 0 Å². The maximum atomic E-state index is 13.0. The summed E-state index contributed by atoms with van der Waals surface area (Å²) in [5.74, 6) is 0.309. The summed E-state index contributed by atoms with van der Waals surface area (Å²) in [7, 11) is 0. The molecule has 2 saturated heterocycles. The van der Waals surface area contributed by atoms with Crippen LogP contribution in [-0.2, 0) is 16.0 Å². The zero-order valence-corrected chi connectivity index (χ0v) is 15.1. The van der Waals surface area contributed by atoms with E-state index in [0.29, 0.717) is 12.4 Å². The van der Waals surface area contributed by atoms with Crippen molar-refractivity contribution in [2.75, 3.05) is 51.3 Å². The van der Waals surface area contributed by atoms with Gasteiger partial charge in [0.05, 0.1) is 32.4 Å². The molecule has 0 saturated carbocycles. The molecule has 1 N–H and O–H groups in total. The van der Waals surface area contributed by atoms with Gasteiger partial charge in [-0.3, -0.25) is 14.9 Å². The fraction of sp³-hybridized carbons (Fsp3) is 0.750. The highest BCUT2D eigenvalue weighted by molar-refractivity contribution is 5.88. The zero-order valence-electron chi connectivity index (χ0n) is 15.1. The smallest absolute Gasteiger partial charge is 0.379 e. The highest BCUT2D eigenvalue weighted by atomic mass is 19.4. The molecule has 2 aliphatic rings. The Bertz CT molecular complexity index is 633. The van der Waals surface area contributed by atoms with E-state index in [4.69, 9.17) is 9.47 Å². The molecule has 2 aliphatic heterocycles. The van der Waals surface area contributed by atoms with Gasteiger partial charge < -0.3 is 14.4 Å². The molecule has 0 spiro atoms. The molecule has 1 aromatic rings. The van der Waals surface area contributed by atoms with Crippen molar-refractivity contribution < 1.29 is 27.4 Å². The lowest BCUT2D eigenvalue weighted by Gasteiger charge is -2.39. The van der Waals surface area contributed by atoms with Crippen molar-refractivity contribution in [1.29, 1.82) is 0 Å². The SMILES string of the molecule is CC1C(C(F)(F)F)OCCN1C(=O)Nc1ccn(CCN2CCOCC2)n1. The van der Waals surface area contributed by atoms with Crippen LogP contribution >= 0.6 is 0 Å². The number of anilines is 1. The van der Waals surface area contributed by atoms with Crippen molar-refractivity contribution >= 4 is 11.8 Å². The molecule has 2 fully saturated rings. The van der Waals surface area contributed by atoms with E-state index >= 15 is 0 Å². The van der Waals surface area contributed by atoms with Crippen LogP contribution < -0.4 is 5.32 Å². The van der Waals surface area contributed by atoms with Crippen LogP contribution in [-0.4, -0.2) is 89.9 Å². The highest BCUT2D eigenvalue weighted by Crippen LogP contribution is 2.30. The van der Waals surface area contributed by atoms with Gasteiger partial charge in [-0.1, -0.05) is 0 Å². The summed E-state index contributed by atoms with van der Waals surface area (Å²) in [6.45, 7) is 5.92. The van der Waals surface area contributed by atoms with Crippen LogP contribution in [0, 0.1) is 0 Å². The van der Waals surface area contributed by atoms with E-state index in [9.17, 15) is 18.0 Å². The molecule has 27 heavy (non-hydrogen) atoms. The first-order valence-corrected chi connectivity index (χ1v) is 8.94. The number of nitrogens with one attached hydrogen (secondary N) is 1. The number of ether oxygens (including phenoxy) is 2. The molecule has 2 atom stereocenters. The number of halogens is 3. The predicted octanol–water partition coefficient (Wildman–Crippen LogP) is 1.40. The molecule has 1 aromatic heterocycles. The first-order chi connectivity index (χ1) is 12.8. The van der Waals surface area contributed by atoms with Gasteiger partial charge in [-0.25, -0.2) is 4.79 Å². The van der Waals surface area contributed by atoms with Crippen LogP contribution in [0.3, 0.4) is 0 Å². The molecule has 152 valence electrons. The van der Waals surface area contributed by atoms with Crippen LogP contribution in [0.4, 0.5) is 23.8 Å². The number of aromatic nitrogens is 2. The van der Waals surface area contributed by atoms with Gasteiger partial charge in [0.2, 0.25) is 0 Å². The fourth-order valence-electron chi connectivity index (χ4n) is 3.24. The second-order valence-corrected chi connectivity index (χ2v) is 6.62. The van der Waals surface area contributed by atoms with Crippen LogP contribution in [0.15, 0.2) is 12.3 Å². The van der Waals surface area contributed by atoms with Crippen molar-refractivity contribution in [1.82, 2.24) is 19.6 Å². The van der Waals surface area contributed by atoms with E-state index in [0.717, 1.165) is 37.7 Å². The van der Waals surface area contributed by atoms with E-state index in [2.05, 4.69) is 15.3 Å². The lowest BCUT2D eigenvalue weighted by molar-refractivity contribution is -0.246. The molecule has 11 heteroatoms. The first-order valence-electron chi connectivity index (χ1n) is 8.94. The Balaban J connectivity index is 1.52. The van der Waals surface area contributed by atoms with Gasteiger partial charge in [-0.15, -0.1) is 0 Å². The van der Waals surface area contributed by atoms with Gasteiger partial charge in [-0.2, -0.15) is 18.3 Å². The summed E-state index contributed by atoms with van der Waals surface area (Å²) >= 11 is 0. The Morgan fingerprint density at radius 3 is 2.70 bits per heavy atom. The van der Waals surface area contributed by atoms with Crippen molar-refractivity contribution in [3.8, 4) is 0 Å². The Labute approximate surface area is 155 Å². The third kappa shape index (κ3) is 5.11. The third-order valence-corrected chi connectivity index (χ3v) is 4.77. The number of hydrogen-bond donors (Lipinski definition) is 1. The summed E-state index contributed by atoms with van der Waals surface area (Å²) < 4.78 is 50.8. The molecule has 0 aromatic carbocycles. The van der Waals surface area contributed by atoms with Crippen LogP contribution in [0.2, 0.25) is 0 Å². The molecule has 8 nitrogen and oxygen atoms in total. The van der Waals surface area contributed by atoms with Crippen molar-refractivity contribution in [2.24, 2.45) is 0 Å². The molecule has 3 rings (SSSR count). The standard InChI is InChI=1S/C16H24F3N5O3/c1-12-14(16(17,18)19)27-11-8-24(12)15(25)20-13-2-3-23(21-13)5-4-22-6-9-26-10-7-22/h2-3,12,14H,4-11H2,1H3,(H,20,21,25). The highest BCUT2D eigenvalue weighted by Gasteiger charge is 2.49. The maximum absolute atomic E-state index is 13.0. The molecule has 3 heterocycles. The number of nitrogens with zero attached hydrogens (tertiary/aromatic N) is 4. The van der Waals surface area contributed by atoms with E-state index in [-0.39, 0.29) is 13.2 Å². The molecule has 0 bridgehead atoms. The van der Waals surface area contributed by atoms with Gasteiger partial charge in [0.1, 0.15) is 0 Å². The van der Waals surface area contributed by atoms with Gasteiger partial charge in [-0.05, 0) is 6.92 Å². The molecular formula is C16H24F3N5O3. The first kappa shape index (κ1) is 19.9. The van der Waals surface area contributed by atoms with Gasteiger partial charge in [0.15, 0.2) is 11.9 Å². The number of rotatable bonds is 4. The predicted molar refractivity (Wildman–Crippen MR) is 90.5 cm³/mol. The van der Waals surface area contributed by atoms with Crippen molar-refractivity contribution in [3.05, 3.63) is 12.3 Å². The number of amides is 2. The summed E-state index contributed by atoms with van der Waals surface area (Å²) in [5.41, 5.74) is 0. The largest absolute Gasteiger partial charge is 0.416 e. The molecule has 2 unspecified atom stereocenters. The van der Waals surface area contributed by atoms with E-state index < -0.39 is 24.4 Å². The van der Waals surface area contributed by atoms with E-state index in [1.165, 1.54) is 6.92 Å². The quantitative estimate of drug-likeness (QED) is 0.840. The second kappa shape index (κ2) is 8.44. The summed E-state index contributed by atoms with van der Waals surface area (Å²) in [4.78, 5) is 15.8. The van der Waals surface area contributed by atoms with E-state index in [1.54, 1.807) is 16.9 Å². The van der Waals surface area contributed by atoms with Crippen molar-refractivity contribution in [2.45, 2.75) is 31.8 Å². The lowest BCUT2D eigenvalue weighted by Crippen LogP contribution is -2.58. The van der Waals surface area contributed by atoms with Crippen molar-refractivity contribution in [3.63, 3.8) is 0 Å². The minimum atomic E-state index is -4.51. The Hall–Kier alpha value is -1.85. The number of hydrogen-bond acceptors (Lipinski definition) is 5. The Kier molecular flexibility index (Phi) is 6.22.